The summed E-state index contributed by atoms with van der Waals surface area (Å²) in [5, 5.41) is 11.6. The molecular formula is C13H14Cl2N4O. The molecule has 1 N–H and O–H groups in total. The maximum absolute atomic E-state index is 12.3. The maximum atomic E-state index is 12.3. The summed E-state index contributed by atoms with van der Waals surface area (Å²) in [6.07, 6.45) is 5.59. The van der Waals surface area contributed by atoms with E-state index in [0.29, 0.717) is 21.1 Å². The van der Waals surface area contributed by atoms with Crippen LogP contribution in [0.3, 0.4) is 0 Å². The van der Waals surface area contributed by atoms with E-state index in [2.05, 4.69) is 15.6 Å². The highest BCUT2D eigenvalue weighted by atomic mass is 35.5. The molecule has 1 heterocycles. The van der Waals surface area contributed by atoms with Crippen LogP contribution in [0, 0.1) is 0 Å². The maximum Gasteiger partial charge on any atom is 0.344 e. The molecular weight excluding hydrogens is 299 g/mol. The van der Waals surface area contributed by atoms with Crippen molar-refractivity contribution in [1.29, 1.82) is 0 Å². The summed E-state index contributed by atoms with van der Waals surface area (Å²) in [6, 6.07) is 3.17. The minimum Gasteiger partial charge on any atom is -0.333 e. The van der Waals surface area contributed by atoms with Gasteiger partial charge in [-0.1, -0.05) is 47.7 Å². The Bertz CT molecular complexity index is 649. The zero-order valence-electron chi connectivity index (χ0n) is 10.8. The summed E-state index contributed by atoms with van der Waals surface area (Å²) >= 11 is 11.9. The van der Waals surface area contributed by atoms with Crippen molar-refractivity contribution in [3.05, 3.63) is 22.2 Å². The smallest absolute Gasteiger partial charge is 0.333 e. The van der Waals surface area contributed by atoms with Crippen molar-refractivity contribution in [3.63, 3.8) is 0 Å². The summed E-state index contributed by atoms with van der Waals surface area (Å²) in [7, 11) is 0. The molecule has 1 amide bonds. The molecule has 0 saturated heterocycles. The third-order valence-electron chi connectivity index (χ3n) is 3.61. The highest BCUT2D eigenvalue weighted by molar-refractivity contribution is 6.42. The van der Waals surface area contributed by atoms with Crippen molar-refractivity contribution in [2.75, 3.05) is 0 Å². The molecule has 1 aromatic heterocycles. The molecule has 5 nitrogen and oxygen atoms in total. The summed E-state index contributed by atoms with van der Waals surface area (Å²) in [6.45, 7) is 0. The molecule has 0 aliphatic heterocycles. The van der Waals surface area contributed by atoms with Gasteiger partial charge in [0.2, 0.25) is 0 Å². The van der Waals surface area contributed by atoms with E-state index in [1.807, 2.05) is 0 Å². The SMILES string of the molecule is O=C(NC1CCCCC1)n1nnc2cc(Cl)c(Cl)cc21. The fraction of sp³-hybridized carbons (Fsp3) is 0.462. The van der Waals surface area contributed by atoms with E-state index in [9.17, 15) is 4.79 Å². The second-order valence-electron chi connectivity index (χ2n) is 5.04. The summed E-state index contributed by atoms with van der Waals surface area (Å²) in [4.78, 5) is 12.3. The first-order valence-corrected chi connectivity index (χ1v) is 7.42. The van der Waals surface area contributed by atoms with Crippen LogP contribution in [0.5, 0.6) is 0 Å². The highest BCUT2D eigenvalue weighted by Gasteiger charge is 2.19. The number of fused-ring (bicyclic) bond motifs is 1. The minimum absolute atomic E-state index is 0.221. The molecule has 0 unspecified atom stereocenters. The summed E-state index contributed by atoms with van der Waals surface area (Å²) in [5.74, 6) is 0. The Morgan fingerprint density at radius 1 is 1.20 bits per heavy atom. The number of carbonyl (C=O) groups excluding carboxylic acids is 1. The van der Waals surface area contributed by atoms with E-state index in [1.165, 1.54) is 11.1 Å². The molecule has 7 heteroatoms. The lowest BCUT2D eigenvalue weighted by molar-refractivity contribution is 0.231. The number of nitrogens with zero attached hydrogens (tertiary/aromatic N) is 3. The van der Waals surface area contributed by atoms with Crippen LogP contribution in [0.1, 0.15) is 32.1 Å². The van der Waals surface area contributed by atoms with Crippen LogP contribution in [0.25, 0.3) is 11.0 Å². The van der Waals surface area contributed by atoms with Crippen LogP contribution in [0.15, 0.2) is 12.1 Å². The van der Waals surface area contributed by atoms with Crippen molar-refractivity contribution < 1.29 is 4.79 Å². The topological polar surface area (TPSA) is 59.8 Å². The van der Waals surface area contributed by atoms with Crippen LogP contribution >= 0.6 is 23.2 Å². The molecule has 1 aliphatic carbocycles. The molecule has 106 valence electrons. The van der Waals surface area contributed by atoms with Crippen LogP contribution < -0.4 is 5.32 Å². The average molecular weight is 313 g/mol. The third-order valence-corrected chi connectivity index (χ3v) is 4.33. The number of nitrogens with one attached hydrogen (secondary N) is 1. The van der Waals surface area contributed by atoms with Gasteiger partial charge in [0, 0.05) is 6.04 Å². The molecule has 1 aliphatic rings. The zero-order chi connectivity index (χ0) is 14.1. The Morgan fingerprint density at radius 3 is 2.65 bits per heavy atom. The Morgan fingerprint density at radius 2 is 1.90 bits per heavy atom. The molecule has 0 atom stereocenters. The number of carbonyl (C=O) groups is 1. The lowest BCUT2D eigenvalue weighted by Crippen LogP contribution is -2.39. The van der Waals surface area contributed by atoms with Gasteiger partial charge in [-0.15, -0.1) is 5.10 Å². The first kappa shape index (κ1) is 13.6. The molecule has 1 fully saturated rings. The van der Waals surface area contributed by atoms with Crippen molar-refractivity contribution in [3.8, 4) is 0 Å². The summed E-state index contributed by atoms with van der Waals surface area (Å²) in [5.41, 5.74) is 1.12. The van der Waals surface area contributed by atoms with Crippen molar-refractivity contribution in [1.82, 2.24) is 20.3 Å². The molecule has 1 saturated carbocycles. The Labute approximate surface area is 126 Å². The predicted molar refractivity (Wildman–Crippen MR) is 78.4 cm³/mol. The first-order chi connectivity index (χ1) is 9.65. The normalized spacial score (nSPS) is 16.5. The van der Waals surface area contributed by atoms with Crippen LogP contribution in [-0.2, 0) is 0 Å². The molecule has 2 aromatic rings. The van der Waals surface area contributed by atoms with E-state index >= 15 is 0 Å². The number of hydrogen-bond donors (Lipinski definition) is 1. The molecule has 0 spiro atoms. The van der Waals surface area contributed by atoms with Crippen molar-refractivity contribution in [2.45, 2.75) is 38.1 Å². The van der Waals surface area contributed by atoms with Gasteiger partial charge in [-0.25, -0.2) is 4.79 Å². The minimum atomic E-state index is -0.266. The third kappa shape index (κ3) is 2.60. The van der Waals surface area contributed by atoms with Crippen LogP contribution in [0.2, 0.25) is 10.0 Å². The van der Waals surface area contributed by atoms with E-state index in [0.717, 1.165) is 25.7 Å². The Hall–Kier alpha value is -1.33. The van der Waals surface area contributed by atoms with E-state index in [-0.39, 0.29) is 12.1 Å². The van der Waals surface area contributed by atoms with Gasteiger partial charge < -0.3 is 5.32 Å². The van der Waals surface area contributed by atoms with Crippen molar-refractivity contribution in [2.24, 2.45) is 0 Å². The number of aromatic nitrogens is 3. The largest absolute Gasteiger partial charge is 0.344 e. The Kier molecular flexibility index (Phi) is 3.81. The van der Waals surface area contributed by atoms with Crippen LogP contribution in [-0.4, -0.2) is 27.1 Å². The van der Waals surface area contributed by atoms with Gasteiger partial charge in [0.25, 0.3) is 0 Å². The second-order valence-corrected chi connectivity index (χ2v) is 5.86. The van der Waals surface area contributed by atoms with Gasteiger partial charge in [0.1, 0.15) is 11.0 Å². The van der Waals surface area contributed by atoms with E-state index in [4.69, 9.17) is 23.2 Å². The molecule has 0 radical (unpaired) electrons. The highest BCUT2D eigenvalue weighted by Crippen LogP contribution is 2.26. The number of rotatable bonds is 1. The molecule has 20 heavy (non-hydrogen) atoms. The van der Waals surface area contributed by atoms with Gasteiger partial charge in [-0.3, -0.25) is 0 Å². The predicted octanol–water partition coefficient (Wildman–Crippen LogP) is 3.63. The summed E-state index contributed by atoms with van der Waals surface area (Å²) < 4.78 is 1.24. The molecule has 1 aromatic carbocycles. The zero-order valence-corrected chi connectivity index (χ0v) is 12.3. The number of amides is 1. The second kappa shape index (κ2) is 5.58. The van der Waals surface area contributed by atoms with Crippen molar-refractivity contribution >= 4 is 40.3 Å². The van der Waals surface area contributed by atoms with Gasteiger partial charge in [-0.2, -0.15) is 4.68 Å². The van der Waals surface area contributed by atoms with E-state index < -0.39 is 0 Å². The van der Waals surface area contributed by atoms with Gasteiger partial charge in [-0.05, 0) is 25.0 Å². The van der Waals surface area contributed by atoms with E-state index in [1.54, 1.807) is 12.1 Å². The molecule has 0 bridgehead atoms. The number of benzene rings is 1. The lowest BCUT2D eigenvalue weighted by Gasteiger charge is -2.22. The number of hydrogen-bond acceptors (Lipinski definition) is 3. The quantitative estimate of drug-likeness (QED) is 0.874. The fourth-order valence-electron chi connectivity index (χ4n) is 2.55. The first-order valence-electron chi connectivity index (χ1n) is 6.66. The van der Waals surface area contributed by atoms with Gasteiger partial charge in [0.15, 0.2) is 0 Å². The number of halogens is 2. The fourth-order valence-corrected chi connectivity index (χ4v) is 2.87. The molecule has 3 rings (SSSR count). The lowest BCUT2D eigenvalue weighted by atomic mass is 9.96. The standard InChI is InChI=1S/C13H14Cl2N4O/c14-9-6-11-12(7-10(9)15)19(18-17-11)13(20)16-8-4-2-1-3-5-8/h6-8H,1-5H2,(H,16,20). The van der Waals surface area contributed by atoms with Gasteiger partial charge >= 0.3 is 6.03 Å². The Balaban J connectivity index is 1.85. The van der Waals surface area contributed by atoms with Crippen LogP contribution in [0.4, 0.5) is 4.79 Å². The van der Waals surface area contributed by atoms with Gasteiger partial charge in [0.05, 0.1) is 10.0 Å². The monoisotopic (exact) mass is 312 g/mol. The average Bonchev–Trinajstić information content (AvgIpc) is 2.83.